The molecule has 0 amide bonds. The molecule has 0 aromatic carbocycles. The molecule has 4 nitrogen and oxygen atoms in total. The summed E-state index contributed by atoms with van der Waals surface area (Å²) in [5, 5.41) is 19.0. The summed E-state index contributed by atoms with van der Waals surface area (Å²) in [5.74, 6) is 0.723. The lowest BCUT2D eigenvalue weighted by Crippen LogP contribution is -2.04. The summed E-state index contributed by atoms with van der Waals surface area (Å²) < 4.78 is 5.51. The zero-order valence-electron chi connectivity index (χ0n) is 10.7. The van der Waals surface area contributed by atoms with Crippen molar-refractivity contribution in [1.29, 1.82) is 0 Å². The molecular formula is C13H21NO3. The van der Waals surface area contributed by atoms with E-state index in [0.717, 1.165) is 6.42 Å². The van der Waals surface area contributed by atoms with Gasteiger partial charge >= 0.3 is 0 Å². The van der Waals surface area contributed by atoms with Gasteiger partial charge in [-0.25, -0.2) is 0 Å². The van der Waals surface area contributed by atoms with Crippen molar-refractivity contribution in [3.8, 4) is 5.75 Å². The van der Waals surface area contributed by atoms with Gasteiger partial charge in [0.25, 0.3) is 0 Å². The van der Waals surface area contributed by atoms with Crippen LogP contribution in [-0.2, 0) is 18.0 Å². The first-order chi connectivity index (χ1) is 8.06. The molecule has 0 bridgehead atoms. The van der Waals surface area contributed by atoms with Crippen LogP contribution in [0.2, 0.25) is 0 Å². The third kappa shape index (κ3) is 3.98. The Kier molecular flexibility index (Phi) is 5.38. The third-order valence-corrected chi connectivity index (χ3v) is 2.69. The van der Waals surface area contributed by atoms with Gasteiger partial charge in [0.2, 0.25) is 0 Å². The first-order valence-corrected chi connectivity index (χ1v) is 5.91. The number of aromatic nitrogens is 1. The van der Waals surface area contributed by atoms with Gasteiger partial charge in [-0.3, -0.25) is 4.98 Å². The van der Waals surface area contributed by atoms with Crippen molar-refractivity contribution in [2.45, 2.75) is 40.4 Å². The molecule has 0 aliphatic rings. The Bertz CT molecular complexity index is 364. The molecule has 0 saturated carbocycles. The average molecular weight is 239 g/mol. The highest BCUT2D eigenvalue weighted by molar-refractivity contribution is 5.39. The van der Waals surface area contributed by atoms with Gasteiger partial charge in [-0.1, -0.05) is 13.8 Å². The SMILES string of the molecule is Cc1ncc(CO)c(COCCC(C)C)c1O. The molecule has 0 aliphatic carbocycles. The summed E-state index contributed by atoms with van der Waals surface area (Å²) >= 11 is 0. The average Bonchev–Trinajstić information content (AvgIpc) is 2.29. The second kappa shape index (κ2) is 6.57. The van der Waals surface area contributed by atoms with Gasteiger partial charge in [0.1, 0.15) is 5.75 Å². The lowest BCUT2D eigenvalue weighted by atomic mass is 10.1. The van der Waals surface area contributed by atoms with Crippen LogP contribution in [0.5, 0.6) is 5.75 Å². The normalized spacial score (nSPS) is 11.1. The Labute approximate surface area is 102 Å². The monoisotopic (exact) mass is 239 g/mol. The maximum Gasteiger partial charge on any atom is 0.142 e. The molecule has 0 unspecified atom stereocenters. The molecule has 1 heterocycles. The van der Waals surface area contributed by atoms with E-state index in [4.69, 9.17) is 4.74 Å². The number of ether oxygens (including phenoxy) is 1. The standard InChI is InChI=1S/C13H21NO3/c1-9(2)4-5-17-8-12-11(7-15)6-14-10(3)13(12)16/h6,9,15-16H,4-5,7-8H2,1-3H3. The summed E-state index contributed by atoms with van der Waals surface area (Å²) in [5.41, 5.74) is 1.83. The van der Waals surface area contributed by atoms with Crippen molar-refractivity contribution < 1.29 is 14.9 Å². The highest BCUT2D eigenvalue weighted by Gasteiger charge is 2.11. The molecule has 0 spiro atoms. The molecule has 1 aromatic heterocycles. The smallest absolute Gasteiger partial charge is 0.142 e. The highest BCUT2D eigenvalue weighted by atomic mass is 16.5. The number of hydrogen-bond acceptors (Lipinski definition) is 4. The third-order valence-electron chi connectivity index (χ3n) is 2.69. The Morgan fingerprint density at radius 1 is 1.41 bits per heavy atom. The predicted octanol–water partition coefficient (Wildman–Crippen LogP) is 2.15. The molecular weight excluding hydrogens is 218 g/mol. The maximum absolute atomic E-state index is 9.86. The maximum atomic E-state index is 9.86. The first kappa shape index (κ1) is 13.9. The molecule has 1 rings (SSSR count). The van der Waals surface area contributed by atoms with Crippen LogP contribution in [0.3, 0.4) is 0 Å². The molecule has 17 heavy (non-hydrogen) atoms. The first-order valence-electron chi connectivity index (χ1n) is 5.91. The van der Waals surface area contributed by atoms with E-state index in [2.05, 4.69) is 18.8 Å². The number of aryl methyl sites for hydroxylation is 1. The fraction of sp³-hybridized carbons (Fsp3) is 0.615. The van der Waals surface area contributed by atoms with E-state index in [0.29, 0.717) is 36.0 Å². The molecule has 0 radical (unpaired) electrons. The lowest BCUT2D eigenvalue weighted by Gasteiger charge is -2.12. The van der Waals surface area contributed by atoms with Crippen LogP contribution in [0.4, 0.5) is 0 Å². The Balaban J connectivity index is 2.65. The van der Waals surface area contributed by atoms with E-state index >= 15 is 0 Å². The van der Waals surface area contributed by atoms with Crippen LogP contribution in [0.15, 0.2) is 6.20 Å². The van der Waals surface area contributed by atoms with Gasteiger partial charge in [0, 0.05) is 23.9 Å². The Hall–Kier alpha value is -1.13. The number of aliphatic hydroxyl groups is 1. The highest BCUT2D eigenvalue weighted by Crippen LogP contribution is 2.24. The van der Waals surface area contributed by atoms with E-state index in [1.807, 2.05) is 0 Å². The van der Waals surface area contributed by atoms with E-state index in [1.54, 1.807) is 13.1 Å². The van der Waals surface area contributed by atoms with E-state index < -0.39 is 0 Å². The van der Waals surface area contributed by atoms with Crippen LogP contribution < -0.4 is 0 Å². The largest absolute Gasteiger partial charge is 0.506 e. The van der Waals surface area contributed by atoms with Crippen LogP contribution >= 0.6 is 0 Å². The van der Waals surface area contributed by atoms with E-state index in [-0.39, 0.29) is 12.4 Å². The number of aromatic hydroxyl groups is 1. The molecule has 4 heteroatoms. The van der Waals surface area contributed by atoms with Crippen LogP contribution in [0.25, 0.3) is 0 Å². The molecule has 0 aliphatic heterocycles. The number of rotatable bonds is 6. The summed E-state index contributed by atoms with van der Waals surface area (Å²) in [6, 6.07) is 0. The minimum atomic E-state index is -0.135. The summed E-state index contributed by atoms with van der Waals surface area (Å²) in [7, 11) is 0. The minimum absolute atomic E-state index is 0.126. The molecule has 96 valence electrons. The molecule has 2 N–H and O–H groups in total. The van der Waals surface area contributed by atoms with Gasteiger partial charge < -0.3 is 14.9 Å². The number of aliphatic hydroxyl groups excluding tert-OH is 1. The van der Waals surface area contributed by atoms with Crippen molar-refractivity contribution in [3.05, 3.63) is 23.0 Å². The molecule has 0 atom stereocenters. The number of hydrogen-bond donors (Lipinski definition) is 2. The predicted molar refractivity (Wildman–Crippen MR) is 65.7 cm³/mol. The van der Waals surface area contributed by atoms with E-state index in [1.165, 1.54) is 0 Å². The topological polar surface area (TPSA) is 62.6 Å². The summed E-state index contributed by atoms with van der Waals surface area (Å²) in [6.07, 6.45) is 2.56. The summed E-state index contributed by atoms with van der Waals surface area (Å²) in [4.78, 5) is 4.00. The summed E-state index contributed by atoms with van der Waals surface area (Å²) in [6.45, 7) is 6.84. The Morgan fingerprint density at radius 3 is 2.71 bits per heavy atom. The molecule has 1 aromatic rings. The van der Waals surface area contributed by atoms with Crippen LogP contribution in [0.1, 0.15) is 37.1 Å². The van der Waals surface area contributed by atoms with Crippen molar-refractivity contribution in [2.75, 3.05) is 6.61 Å². The van der Waals surface area contributed by atoms with Crippen molar-refractivity contribution in [3.63, 3.8) is 0 Å². The minimum Gasteiger partial charge on any atom is -0.506 e. The van der Waals surface area contributed by atoms with Crippen LogP contribution in [-0.4, -0.2) is 21.8 Å². The van der Waals surface area contributed by atoms with Gasteiger partial charge in [0.05, 0.1) is 18.9 Å². The molecule has 0 saturated heterocycles. The van der Waals surface area contributed by atoms with Gasteiger partial charge in [-0.2, -0.15) is 0 Å². The van der Waals surface area contributed by atoms with Gasteiger partial charge in [0.15, 0.2) is 0 Å². The van der Waals surface area contributed by atoms with Crippen molar-refractivity contribution in [2.24, 2.45) is 5.92 Å². The van der Waals surface area contributed by atoms with Gasteiger partial charge in [-0.05, 0) is 19.3 Å². The van der Waals surface area contributed by atoms with Crippen molar-refractivity contribution >= 4 is 0 Å². The second-order valence-corrected chi connectivity index (χ2v) is 4.59. The Morgan fingerprint density at radius 2 is 2.12 bits per heavy atom. The van der Waals surface area contributed by atoms with E-state index in [9.17, 15) is 10.2 Å². The van der Waals surface area contributed by atoms with Crippen molar-refractivity contribution in [1.82, 2.24) is 4.98 Å². The fourth-order valence-electron chi connectivity index (χ4n) is 1.47. The fourth-order valence-corrected chi connectivity index (χ4v) is 1.47. The quantitative estimate of drug-likeness (QED) is 0.747. The zero-order chi connectivity index (χ0) is 12.8. The molecule has 0 fully saturated rings. The lowest BCUT2D eigenvalue weighted by molar-refractivity contribution is 0.107. The number of pyridine rings is 1. The zero-order valence-corrected chi connectivity index (χ0v) is 10.7. The number of nitrogens with zero attached hydrogens (tertiary/aromatic N) is 1. The second-order valence-electron chi connectivity index (χ2n) is 4.59. The van der Waals surface area contributed by atoms with Crippen LogP contribution in [0, 0.1) is 12.8 Å². The van der Waals surface area contributed by atoms with Gasteiger partial charge in [-0.15, -0.1) is 0 Å².